The first-order chi connectivity index (χ1) is 15.7. The van der Waals surface area contributed by atoms with Crippen LogP contribution in [0.3, 0.4) is 0 Å². The van der Waals surface area contributed by atoms with Gasteiger partial charge in [0.15, 0.2) is 0 Å². The monoisotopic (exact) mass is 442 g/mol. The van der Waals surface area contributed by atoms with Gasteiger partial charge in [0.2, 0.25) is 5.91 Å². The van der Waals surface area contributed by atoms with Crippen LogP contribution in [-0.2, 0) is 17.8 Å². The second kappa shape index (κ2) is 11.1. The van der Waals surface area contributed by atoms with Crippen molar-refractivity contribution in [2.75, 3.05) is 39.3 Å². The summed E-state index contributed by atoms with van der Waals surface area (Å²) in [5.74, 6) is 3.62. The van der Waals surface area contributed by atoms with Crippen molar-refractivity contribution in [2.24, 2.45) is 0 Å². The summed E-state index contributed by atoms with van der Waals surface area (Å²) in [7, 11) is 0. The van der Waals surface area contributed by atoms with Crippen molar-refractivity contribution in [1.82, 2.24) is 29.9 Å². The Kier molecular flexibility index (Phi) is 7.97. The molecule has 0 aliphatic carbocycles. The molecule has 32 heavy (non-hydrogen) atoms. The topological polar surface area (TPSA) is 79.4 Å². The largest absolute Gasteiger partial charge is 0.468 e. The molecular formula is C24H38N6O2. The highest BCUT2D eigenvalue weighted by Gasteiger charge is 2.28. The third-order valence-corrected chi connectivity index (χ3v) is 6.99. The Hall–Kier alpha value is -2.19. The maximum Gasteiger partial charge on any atom is 0.234 e. The van der Waals surface area contributed by atoms with Crippen molar-refractivity contribution in [1.29, 1.82) is 0 Å². The van der Waals surface area contributed by atoms with Crippen molar-refractivity contribution in [2.45, 2.75) is 70.9 Å². The van der Waals surface area contributed by atoms with Crippen LogP contribution in [0.2, 0.25) is 0 Å². The van der Waals surface area contributed by atoms with E-state index in [0.717, 1.165) is 69.4 Å². The molecule has 4 rings (SSSR count). The molecule has 1 saturated heterocycles. The van der Waals surface area contributed by atoms with Gasteiger partial charge in [0, 0.05) is 32.0 Å². The van der Waals surface area contributed by atoms with Crippen molar-refractivity contribution >= 4 is 5.91 Å². The lowest BCUT2D eigenvalue weighted by atomic mass is 9.97. The van der Waals surface area contributed by atoms with Crippen LogP contribution in [-0.4, -0.2) is 69.7 Å². The van der Waals surface area contributed by atoms with Crippen molar-refractivity contribution in [3.05, 3.63) is 35.8 Å². The summed E-state index contributed by atoms with van der Waals surface area (Å²) < 4.78 is 8.01. The molecule has 0 bridgehead atoms. The predicted molar refractivity (Wildman–Crippen MR) is 123 cm³/mol. The average Bonchev–Trinajstić information content (AvgIpc) is 3.42. The smallest absolute Gasteiger partial charge is 0.234 e. The molecule has 4 heterocycles. The Morgan fingerprint density at radius 3 is 2.88 bits per heavy atom. The lowest BCUT2D eigenvalue weighted by molar-refractivity contribution is -0.122. The number of likely N-dealkylation sites (tertiary alicyclic amines) is 1. The molecule has 2 aliphatic heterocycles. The van der Waals surface area contributed by atoms with Gasteiger partial charge in [-0.25, -0.2) is 0 Å². The van der Waals surface area contributed by atoms with Crippen molar-refractivity contribution < 1.29 is 9.21 Å². The van der Waals surface area contributed by atoms with E-state index < -0.39 is 0 Å². The number of likely N-dealkylation sites (N-methyl/N-ethyl adjacent to an activating group) is 1. The molecule has 0 aromatic carbocycles. The van der Waals surface area contributed by atoms with E-state index in [4.69, 9.17) is 4.42 Å². The van der Waals surface area contributed by atoms with E-state index >= 15 is 0 Å². The number of nitrogens with one attached hydrogen (secondary N) is 1. The number of carbonyl (C=O) groups excluding carboxylic acids is 1. The van der Waals surface area contributed by atoms with E-state index in [1.165, 1.54) is 19.3 Å². The first kappa shape index (κ1) is 23.0. The summed E-state index contributed by atoms with van der Waals surface area (Å²) in [6, 6.07) is 3.96. The van der Waals surface area contributed by atoms with E-state index in [2.05, 4.69) is 43.7 Å². The van der Waals surface area contributed by atoms with E-state index in [-0.39, 0.29) is 11.9 Å². The van der Waals surface area contributed by atoms with E-state index in [1.54, 1.807) is 6.26 Å². The fourth-order valence-corrected chi connectivity index (χ4v) is 5.24. The van der Waals surface area contributed by atoms with Crippen LogP contribution in [0.1, 0.15) is 75.3 Å². The minimum Gasteiger partial charge on any atom is -0.468 e. The summed E-state index contributed by atoms with van der Waals surface area (Å²) in [5, 5.41) is 12.2. The molecule has 2 atom stereocenters. The maximum atomic E-state index is 12.8. The predicted octanol–water partition coefficient (Wildman–Crippen LogP) is 2.98. The molecule has 1 N–H and O–H groups in total. The number of fused-ring (bicyclic) bond motifs is 1. The molecular weight excluding hydrogens is 404 g/mol. The van der Waals surface area contributed by atoms with Gasteiger partial charge < -0.3 is 14.3 Å². The lowest BCUT2D eigenvalue weighted by Crippen LogP contribution is -2.44. The zero-order valence-corrected chi connectivity index (χ0v) is 19.6. The number of nitrogens with zero attached hydrogens (tertiary/aromatic N) is 5. The van der Waals surface area contributed by atoms with Gasteiger partial charge >= 0.3 is 0 Å². The van der Waals surface area contributed by atoms with Crippen LogP contribution in [0.15, 0.2) is 22.8 Å². The summed E-state index contributed by atoms with van der Waals surface area (Å²) in [5.41, 5.74) is 0. The van der Waals surface area contributed by atoms with Gasteiger partial charge in [-0.05, 0) is 57.5 Å². The summed E-state index contributed by atoms with van der Waals surface area (Å²) in [4.78, 5) is 17.4. The van der Waals surface area contributed by atoms with Crippen LogP contribution in [0.4, 0.5) is 0 Å². The number of aromatic nitrogens is 3. The molecule has 2 aromatic rings. The minimum atomic E-state index is 0.0597. The van der Waals surface area contributed by atoms with Crippen molar-refractivity contribution in [3.63, 3.8) is 0 Å². The van der Waals surface area contributed by atoms with Crippen LogP contribution in [0.25, 0.3) is 0 Å². The number of carbonyl (C=O) groups is 1. The molecule has 2 aliphatic rings. The summed E-state index contributed by atoms with van der Waals surface area (Å²) in [6.45, 7) is 9.96. The number of hydrogen-bond donors (Lipinski definition) is 1. The van der Waals surface area contributed by atoms with E-state index in [1.807, 2.05) is 12.1 Å². The fraction of sp³-hybridized carbons (Fsp3) is 0.708. The van der Waals surface area contributed by atoms with Gasteiger partial charge in [0.05, 0.1) is 18.8 Å². The van der Waals surface area contributed by atoms with Gasteiger partial charge in [-0.15, -0.1) is 10.2 Å². The van der Waals surface area contributed by atoms with E-state index in [9.17, 15) is 4.79 Å². The first-order valence-corrected chi connectivity index (χ1v) is 12.4. The SMILES string of the molecule is CCN(CC)[C@@H](CNC(=O)CN1CCC[C@H](c2nnc3n2CCCCC3)C1)c1ccco1. The zero-order valence-electron chi connectivity index (χ0n) is 19.6. The molecule has 8 nitrogen and oxygen atoms in total. The third-order valence-electron chi connectivity index (χ3n) is 6.99. The zero-order chi connectivity index (χ0) is 22.3. The number of rotatable bonds is 9. The summed E-state index contributed by atoms with van der Waals surface area (Å²) in [6.07, 6.45) is 8.64. The summed E-state index contributed by atoms with van der Waals surface area (Å²) >= 11 is 0. The Morgan fingerprint density at radius 2 is 2.09 bits per heavy atom. The lowest BCUT2D eigenvalue weighted by Gasteiger charge is -2.32. The van der Waals surface area contributed by atoms with E-state index in [0.29, 0.717) is 19.0 Å². The van der Waals surface area contributed by atoms with Gasteiger partial charge in [0.25, 0.3) is 0 Å². The Bertz CT molecular complexity index is 845. The molecule has 1 amide bonds. The molecule has 8 heteroatoms. The van der Waals surface area contributed by atoms with Crippen LogP contribution in [0, 0.1) is 0 Å². The van der Waals surface area contributed by atoms with Crippen LogP contribution < -0.4 is 5.32 Å². The standard InChI is InChI=1S/C24H38N6O2/c1-3-29(4-2)20(21-11-9-15-32-21)16-25-23(31)18-28-13-8-10-19(17-28)24-27-26-22-12-6-5-7-14-30(22)24/h9,11,15,19-20H,3-8,10,12-14,16-18H2,1-2H3,(H,25,31)/t19-,20-/m0/s1. The number of piperidine rings is 1. The average molecular weight is 443 g/mol. The molecule has 2 aromatic heterocycles. The number of aryl methyl sites for hydroxylation is 1. The number of furan rings is 1. The highest BCUT2D eigenvalue weighted by Crippen LogP contribution is 2.28. The molecule has 0 spiro atoms. The highest BCUT2D eigenvalue weighted by atomic mass is 16.3. The first-order valence-electron chi connectivity index (χ1n) is 12.4. The molecule has 1 fully saturated rings. The molecule has 0 saturated carbocycles. The molecule has 176 valence electrons. The second-order valence-corrected chi connectivity index (χ2v) is 9.07. The van der Waals surface area contributed by atoms with Gasteiger partial charge in [-0.1, -0.05) is 20.3 Å². The quantitative estimate of drug-likeness (QED) is 0.643. The molecule has 0 unspecified atom stereocenters. The normalized spacial score (nSPS) is 20.7. The molecule has 0 radical (unpaired) electrons. The Morgan fingerprint density at radius 1 is 1.22 bits per heavy atom. The van der Waals surface area contributed by atoms with Gasteiger partial charge in [-0.2, -0.15) is 0 Å². The minimum absolute atomic E-state index is 0.0597. The maximum absolute atomic E-state index is 12.8. The fourth-order valence-electron chi connectivity index (χ4n) is 5.24. The van der Waals surface area contributed by atoms with Crippen LogP contribution >= 0.6 is 0 Å². The number of hydrogen-bond acceptors (Lipinski definition) is 6. The van der Waals surface area contributed by atoms with Gasteiger partial charge in [0.1, 0.15) is 17.4 Å². The number of amides is 1. The van der Waals surface area contributed by atoms with Gasteiger partial charge in [-0.3, -0.25) is 14.6 Å². The second-order valence-electron chi connectivity index (χ2n) is 9.07. The van der Waals surface area contributed by atoms with Crippen molar-refractivity contribution in [3.8, 4) is 0 Å². The third kappa shape index (κ3) is 5.41. The Labute approximate surface area is 191 Å². The van der Waals surface area contributed by atoms with Crippen LogP contribution in [0.5, 0.6) is 0 Å². The highest BCUT2D eigenvalue weighted by molar-refractivity contribution is 5.78. The Balaban J connectivity index is 1.33.